The molecule has 32 heavy (non-hydrogen) atoms. The highest BCUT2D eigenvalue weighted by Crippen LogP contribution is 2.42. The minimum Gasteiger partial charge on any atom is -0.361 e. The molecule has 1 N–H and O–H groups in total. The number of nitrogens with zero attached hydrogens (tertiary/aromatic N) is 5. The van der Waals surface area contributed by atoms with Crippen molar-refractivity contribution < 1.29 is 4.39 Å². The molecule has 4 atom stereocenters. The zero-order chi connectivity index (χ0) is 21.8. The Labute approximate surface area is 196 Å². The lowest BCUT2D eigenvalue weighted by molar-refractivity contribution is 0.377. The van der Waals surface area contributed by atoms with Crippen molar-refractivity contribution in [3.05, 3.63) is 52.2 Å². The van der Waals surface area contributed by atoms with E-state index in [2.05, 4.69) is 27.6 Å². The van der Waals surface area contributed by atoms with E-state index in [-0.39, 0.29) is 11.7 Å². The number of halogens is 2. The molecule has 3 aliphatic rings. The number of hydrogen-bond acceptors (Lipinski definition) is 6. The van der Waals surface area contributed by atoms with Gasteiger partial charge in [-0.1, -0.05) is 17.7 Å². The quantitative estimate of drug-likeness (QED) is 0.573. The van der Waals surface area contributed by atoms with Crippen LogP contribution in [0, 0.1) is 24.6 Å². The van der Waals surface area contributed by atoms with Gasteiger partial charge in [-0.15, -0.1) is 5.10 Å². The fourth-order valence-electron chi connectivity index (χ4n) is 5.78. The minimum absolute atomic E-state index is 0.0491. The molecule has 2 aliphatic heterocycles. The van der Waals surface area contributed by atoms with Crippen LogP contribution in [0.5, 0.6) is 0 Å². The Balaban J connectivity index is 1.21. The van der Waals surface area contributed by atoms with Crippen molar-refractivity contribution in [3.63, 3.8) is 0 Å². The van der Waals surface area contributed by atoms with E-state index in [1.807, 2.05) is 4.68 Å². The third-order valence-corrected chi connectivity index (χ3v) is 8.54. The molecule has 2 aromatic heterocycles. The van der Waals surface area contributed by atoms with Gasteiger partial charge >= 0.3 is 0 Å². The van der Waals surface area contributed by atoms with Gasteiger partial charge in [-0.3, -0.25) is 0 Å². The summed E-state index contributed by atoms with van der Waals surface area (Å²) in [5, 5.41) is 10.2. The van der Waals surface area contributed by atoms with E-state index in [9.17, 15) is 4.39 Å². The zero-order valence-electron chi connectivity index (χ0n) is 18.0. The number of benzene rings is 1. The van der Waals surface area contributed by atoms with Gasteiger partial charge in [-0.05, 0) is 79.7 Å². The lowest BCUT2D eigenvalue weighted by atomic mass is 9.91. The van der Waals surface area contributed by atoms with Crippen molar-refractivity contribution in [2.24, 2.45) is 11.8 Å². The second kappa shape index (κ2) is 7.99. The van der Waals surface area contributed by atoms with Crippen molar-refractivity contribution in [1.82, 2.24) is 19.1 Å². The Kier molecular flexibility index (Phi) is 5.10. The summed E-state index contributed by atoms with van der Waals surface area (Å²) in [4.78, 5) is 7.41. The third kappa shape index (κ3) is 3.57. The van der Waals surface area contributed by atoms with Crippen LogP contribution in [0.1, 0.15) is 48.7 Å². The van der Waals surface area contributed by atoms with Crippen LogP contribution in [0.4, 0.5) is 15.3 Å². The average molecular weight is 473 g/mol. The lowest BCUT2D eigenvalue weighted by Crippen LogP contribution is -2.48. The number of aromatic nitrogens is 4. The van der Waals surface area contributed by atoms with Gasteiger partial charge in [0.25, 0.3) is 0 Å². The van der Waals surface area contributed by atoms with Gasteiger partial charge in [-0.2, -0.15) is 9.36 Å². The summed E-state index contributed by atoms with van der Waals surface area (Å²) in [7, 11) is 0. The monoisotopic (exact) mass is 472 g/mol. The fraction of sp³-hybridized carbons (Fsp3) is 0.522. The van der Waals surface area contributed by atoms with Crippen molar-refractivity contribution in [2.45, 2.75) is 51.1 Å². The summed E-state index contributed by atoms with van der Waals surface area (Å²) in [5.41, 5.74) is 2.03. The van der Waals surface area contributed by atoms with Gasteiger partial charge in [0, 0.05) is 36.6 Å². The smallest absolute Gasteiger partial charge is 0.242 e. The van der Waals surface area contributed by atoms with Gasteiger partial charge in [0.05, 0.1) is 5.69 Å². The van der Waals surface area contributed by atoms with E-state index in [1.54, 1.807) is 17.6 Å². The third-order valence-electron chi connectivity index (χ3n) is 7.27. The number of aryl methyl sites for hydroxylation is 2. The van der Waals surface area contributed by atoms with Crippen LogP contribution in [0.2, 0.25) is 5.02 Å². The van der Waals surface area contributed by atoms with Crippen molar-refractivity contribution in [2.75, 3.05) is 23.3 Å². The van der Waals surface area contributed by atoms with Crippen LogP contribution >= 0.6 is 23.1 Å². The van der Waals surface area contributed by atoms with Crippen LogP contribution in [0.15, 0.2) is 24.3 Å². The molecule has 1 saturated carbocycles. The molecule has 3 unspecified atom stereocenters. The van der Waals surface area contributed by atoms with Gasteiger partial charge in [0.2, 0.25) is 5.95 Å². The predicted octanol–water partition coefficient (Wildman–Crippen LogP) is 5.09. The van der Waals surface area contributed by atoms with Crippen LogP contribution in [0.25, 0.3) is 0 Å². The van der Waals surface area contributed by atoms with Gasteiger partial charge < -0.3 is 10.2 Å². The average Bonchev–Trinajstić information content (AvgIpc) is 3.44. The summed E-state index contributed by atoms with van der Waals surface area (Å²) in [5.74, 6) is 2.55. The molecular weight excluding hydrogens is 447 g/mol. The molecule has 4 heterocycles. The summed E-state index contributed by atoms with van der Waals surface area (Å²) in [6.45, 7) is 5.02. The molecule has 2 bridgehead atoms. The number of hydrogen-bond donors (Lipinski definition) is 1. The Morgan fingerprint density at radius 2 is 1.97 bits per heavy atom. The highest BCUT2D eigenvalue weighted by Gasteiger charge is 2.43. The first-order chi connectivity index (χ1) is 15.5. The molecule has 168 valence electrons. The van der Waals surface area contributed by atoms with E-state index < -0.39 is 0 Å². The van der Waals surface area contributed by atoms with Gasteiger partial charge in [0.15, 0.2) is 0 Å². The largest absolute Gasteiger partial charge is 0.361 e. The summed E-state index contributed by atoms with van der Waals surface area (Å²) in [6, 6.07) is 7.26. The van der Waals surface area contributed by atoms with E-state index >= 15 is 0 Å². The standard InChI is InChI=1S/C23H26ClFN6S/c1-13-9-20(32-29-13)30-11-14-4-5-15(12-30)21(14)26-23-27-22-18(3-2-8-31(22)28-23)17-7-6-16(25)10-19(17)24/h6-7,9-10,14-15,18,21H,2-5,8,11-12H2,1H3,(H,26,28)/t14-,15?,18?,21?/m0/s1. The molecular formula is C23H26ClFN6S. The Hall–Kier alpha value is -2.19. The summed E-state index contributed by atoms with van der Waals surface area (Å²) in [6.07, 6.45) is 4.42. The van der Waals surface area contributed by atoms with Gasteiger partial charge in [-0.25, -0.2) is 9.07 Å². The number of rotatable bonds is 4. The summed E-state index contributed by atoms with van der Waals surface area (Å²) < 4.78 is 20.0. The van der Waals surface area contributed by atoms with Crippen LogP contribution in [-0.4, -0.2) is 38.3 Å². The maximum atomic E-state index is 13.6. The van der Waals surface area contributed by atoms with Crippen LogP contribution < -0.4 is 10.2 Å². The molecule has 1 aromatic carbocycles. The SMILES string of the molecule is Cc1cc(N2CC3CC[C@@H](C2)C3Nc2nc3n(n2)CCCC3c2ccc(F)cc2Cl)sn1. The molecule has 1 aliphatic carbocycles. The first kappa shape index (κ1) is 20.4. The molecule has 9 heteroatoms. The van der Waals surface area contributed by atoms with Gasteiger partial charge in [0.1, 0.15) is 16.6 Å². The molecule has 6 nitrogen and oxygen atoms in total. The molecule has 2 fully saturated rings. The number of piperidine rings is 1. The van der Waals surface area contributed by atoms with Crippen molar-refractivity contribution in [3.8, 4) is 0 Å². The number of fused-ring (bicyclic) bond motifs is 3. The second-order valence-electron chi connectivity index (χ2n) is 9.36. The van der Waals surface area contributed by atoms with E-state index in [4.69, 9.17) is 21.7 Å². The van der Waals surface area contributed by atoms with E-state index in [0.29, 0.717) is 28.8 Å². The molecule has 6 rings (SSSR count). The Morgan fingerprint density at radius 3 is 2.69 bits per heavy atom. The van der Waals surface area contributed by atoms with E-state index in [0.717, 1.165) is 49.6 Å². The summed E-state index contributed by atoms with van der Waals surface area (Å²) >= 11 is 7.99. The molecule has 0 amide bonds. The van der Waals surface area contributed by atoms with Crippen LogP contribution in [0.3, 0.4) is 0 Å². The van der Waals surface area contributed by atoms with E-state index in [1.165, 1.54) is 30.0 Å². The van der Waals surface area contributed by atoms with Crippen molar-refractivity contribution in [1.29, 1.82) is 0 Å². The number of nitrogens with one attached hydrogen (secondary N) is 1. The first-order valence-corrected chi connectivity index (χ1v) is 12.5. The Morgan fingerprint density at radius 1 is 1.16 bits per heavy atom. The lowest BCUT2D eigenvalue weighted by Gasteiger charge is -2.38. The molecule has 0 radical (unpaired) electrons. The molecule has 1 saturated heterocycles. The Bertz CT molecular complexity index is 1130. The maximum absolute atomic E-state index is 13.6. The fourth-order valence-corrected chi connectivity index (χ4v) is 6.85. The zero-order valence-corrected chi connectivity index (χ0v) is 19.5. The minimum atomic E-state index is -0.311. The topological polar surface area (TPSA) is 58.9 Å². The first-order valence-electron chi connectivity index (χ1n) is 11.4. The normalized spacial score (nSPS) is 26.9. The molecule has 0 spiro atoms. The molecule has 3 aromatic rings. The van der Waals surface area contributed by atoms with Crippen LogP contribution in [-0.2, 0) is 6.54 Å². The predicted molar refractivity (Wildman–Crippen MR) is 125 cm³/mol. The number of anilines is 2. The highest BCUT2D eigenvalue weighted by molar-refractivity contribution is 7.10. The highest BCUT2D eigenvalue weighted by atomic mass is 35.5. The van der Waals surface area contributed by atoms with Crippen molar-refractivity contribution >= 4 is 34.1 Å². The maximum Gasteiger partial charge on any atom is 0.242 e. The second-order valence-corrected chi connectivity index (χ2v) is 10.5.